The van der Waals surface area contributed by atoms with E-state index >= 15 is 0 Å². The summed E-state index contributed by atoms with van der Waals surface area (Å²) in [5, 5.41) is 0. The molecule has 2 atom stereocenters. The quantitative estimate of drug-likeness (QED) is 0.376. The summed E-state index contributed by atoms with van der Waals surface area (Å²) >= 11 is -0.126. The Morgan fingerprint density at radius 2 is 1.39 bits per heavy atom. The van der Waals surface area contributed by atoms with E-state index in [0.717, 1.165) is 40.5 Å². The van der Waals surface area contributed by atoms with Crippen LogP contribution < -0.4 is 23.4 Å². The average molecular weight is 509 g/mol. The molecule has 3 aromatic carbocycles. The molecule has 168 valence electrons. The van der Waals surface area contributed by atoms with E-state index in [1.807, 2.05) is 48.5 Å². The molecule has 6 nitrogen and oxygen atoms in total. The van der Waals surface area contributed by atoms with E-state index in [4.69, 9.17) is 23.7 Å². The van der Waals surface area contributed by atoms with Crippen LogP contribution >= 0.6 is 0 Å². The number of hydrogen-bond donors (Lipinski definition) is 0. The van der Waals surface area contributed by atoms with Crippen LogP contribution in [0.5, 0.6) is 23.0 Å². The van der Waals surface area contributed by atoms with Gasteiger partial charge in [-0.1, -0.05) is 0 Å². The van der Waals surface area contributed by atoms with Gasteiger partial charge in [0.2, 0.25) is 0 Å². The van der Waals surface area contributed by atoms with Crippen molar-refractivity contribution in [3.8, 4) is 23.0 Å². The number of rotatable bonds is 6. The Hall–Kier alpha value is -3.15. The van der Waals surface area contributed by atoms with Crippen LogP contribution in [0.2, 0.25) is 4.31 Å². The molecule has 33 heavy (non-hydrogen) atoms. The predicted molar refractivity (Wildman–Crippen MR) is 122 cm³/mol. The van der Waals surface area contributed by atoms with Crippen molar-refractivity contribution in [3.05, 3.63) is 77.9 Å². The summed E-state index contributed by atoms with van der Waals surface area (Å²) in [5.74, 6) is 2.91. The first-order valence-corrected chi connectivity index (χ1v) is 12.6. The molecular weight excluding hydrogens is 487 g/mol. The SMILES string of the molecule is O=C1OC[C@H](Cc2ccc3c(c2)OCO3)[C@]1(Cc1ccc2c(c1)OCO2)[Se]c1ccccc1. The van der Waals surface area contributed by atoms with Crippen molar-refractivity contribution in [2.75, 3.05) is 20.2 Å². The summed E-state index contributed by atoms with van der Waals surface area (Å²) in [6.07, 6.45) is 1.31. The third kappa shape index (κ3) is 3.81. The molecule has 3 aliphatic heterocycles. The number of benzene rings is 3. The zero-order valence-electron chi connectivity index (χ0n) is 17.8. The average Bonchev–Trinajstić information content (AvgIpc) is 3.55. The Morgan fingerprint density at radius 3 is 2.12 bits per heavy atom. The van der Waals surface area contributed by atoms with E-state index in [9.17, 15) is 4.79 Å². The van der Waals surface area contributed by atoms with Gasteiger partial charge < -0.3 is 0 Å². The van der Waals surface area contributed by atoms with Crippen LogP contribution in [-0.2, 0) is 22.4 Å². The van der Waals surface area contributed by atoms with Crippen molar-refractivity contribution in [1.29, 1.82) is 0 Å². The summed E-state index contributed by atoms with van der Waals surface area (Å²) < 4.78 is 28.4. The van der Waals surface area contributed by atoms with Crippen LogP contribution in [0.25, 0.3) is 0 Å². The van der Waals surface area contributed by atoms with Crippen molar-refractivity contribution in [3.63, 3.8) is 0 Å². The number of cyclic esters (lactones) is 1. The monoisotopic (exact) mass is 510 g/mol. The molecule has 3 heterocycles. The molecule has 1 saturated heterocycles. The fourth-order valence-electron chi connectivity index (χ4n) is 4.61. The summed E-state index contributed by atoms with van der Waals surface area (Å²) in [6.45, 7) is 0.883. The molecule has 0 bridgehead atoms. The van der Waals surface area contributed by atoms with Crippen molar-refractivity contribution >= 4 is 25.4 Å². The van der Waals surface area contributed by atoms with E-state index in [2.05, 4.69) is 18.2 Å². The van der Waals surface area contributed by atoms with Crippen LogP contribution in [0, 0.1) is 5.92 Å². The zero-order valence-corrected chi connectivity index (χ0v) is 19.5. The molecular formula is C26H22O6Se. The maximum atomic E-state index is 13.4. The van der Waals surface area contributed by atoms with Crippen molar-refractivity contribution in [1.82, 2.24) is 0 Å². The second-order valence-electron chi connectivity index (χ2n) is 8.36. The topological polar surface area (TPSA) is 63.2 Å². The second-order valence-corrected chi connectivity index (χ2v) is 11.3. The molecule has 6 rings (SSSR count). The number of hydrogen-bond acceptors (Lipinski definition) is 6. The fraction of sp³-hybridized carbons (Fsp3) is 0.269. The molecule has 0 aromatic heterocycles. The zero-order chi connectivity index (χ0) is 22.3. The first-order valence-electron chi connectivity index (χ1n) is 10.9. The molecule has 0 spiro atoms. The molecule has 0 N–H and O–H groups in total. The van der Waals surface area contributed by atoms with Gasteiger partial charge in [-0.25, -0.2) is 0 Å². The van der Waals surface area contributed by atoms with Gasteiger partial charge in [-0.2, -0.15) is 0 Å². The Morgan fingerprint density at radius 1 is 0.758 bits per heavy atom. The Kier molecular flexibility index (Phi) is 5.16. The maximum absolute atomic E-state index is 13.4. The number of carbonyl (C=O) groups excluding carboxylic acids is 1. The Labute approximate surface area is 197 Å². The fourth-order valence-corrected chi connectivity index (χ4v) is 7.57. The molecule has 3 aliphatic rings. The van der Waals surface area contributed by atoms with Gasteiger partial charge >= 0.3 is 198 Å². The molecule has 7 heteroatoms. The molecule has 0 unspecified atom stereocenters. The van der Waals surface area contributed by atoms with E-state index < -0.39 is 4.31 Å². The van der Waals surface area contributed by atoms with Crippen LogP contribution in [0.1, 0.15) is 11.1 Å². The van der Waals surface area contributed by atoms with Gasteiger partial charge in [0.25, 0.3) is 0 Å². The number of fused-ring (bicyclic) bond motifs is 2. The van der Waals surface area contributed by atoms with Gasteiger partial charge in [0, 0.05) is 0 Å². The van der Waals surface area contributed by atoms with Crippen molar-refractivity contribution in [2.24, 2.45) is 5.92 Å². The van der Waals surface area contributed by atoms with Gasteiger partial charge in [-0.3, -0.25) is 0 Å². The van der Waals surface area contributed by atoms with E-state index in [0.29, 0.717) is 13.0 Å². The van der Waals surface area contributed by atoms with E-state index in [1.165, 1.54) is 4.46 Å². The number of esters is 1. The molecule has 3 aromatic rings. The van der Waals surface area contributed by atoms with Crippen molar-refractivity contribution < 1.29 is 28.5 Å². The van der Waals surface area contributed by atoms with Gasteiger partial charge in [0.05, 0.1) is 0 Å². The minimum atomic E-state index is -0.627. The van der Waals surface area contributed by atoms with Gasteiger partial charge in [-0.15, -0.1) is 0 Å². The summed E-state index contributed by atoms with van der Waals surface area (Å²) in [4.78, 5) is 13.4. The third-order valence-electron chi connectivity index (χ3n) is 6.29. The standard InChI is InChI=1S/C26H22O6Se/c27-25-26(33-20-4-2-1-3-5-20,13-18-7-9-22-24(12-18)32-16-30-22)19(14-28-25)10-17-6-8-21-23(11-17)31-15-29-21/h1-9,11-12,19H,10,13-16H2/t19-,26-/m0/s1. The summed E-state index contributed by atoms with van der Waals surface area (Å²) in [6, 6.07) is 22.2. The first-order chi connectivity index (χ1) is 16.2. The van der Waals surface area contributed by atoms with Gasteiger partial charge in [-0.05, 0) is 0 Å². The van der Waals surface area contributed by atoms with E-state index in [1.54, 1.807) is 0 Å². The summed E-state index contributed by atoms with van der Waals surface area (Å²) in [7, 11) is 0. The number of carbonyl (C=O) groups is 1. The number of ether oxygens (including phenoxy) is 5. The van der Waals surface area contributed by atoms with E-state index in [-0.39, 0.29) is 40.4 Å². The first kappa shape index (κ1) is 20.5. The van der Waals surface area contributed by atoms with Crippen LogP contribution in [0.15, 0.2) is 66.7 Å². The van der Waals surface area contributed by atoms with Gasteiger partial charge in [0.1, 0.15) is 0 Å². The molecule has 0 radical (unpaired) electrons. The summed E-state index contributed by atoms with van der Waals surface area (Å²) in [5.41, 5.74) is 2.16. The predicted octanol–water partition coefficient (Wildman–Crippen LogP) is 3.29. The van der Waals surface area contributed by atoms with Gasteiger partial charge in [0.15, 0.2) is 0 Å². The molecule has 0 amide bonds. The molecule has 1 fully saturated rings. The molecule has 0 aliphatic carbocycles. The second kappa shape index (κ2) is 8.32. The van der Waals surface area contributed by atoms with Crippen LogP contribution in [0.4, 0.5) is 0 Å². The third-order valence-corrected chi connectivity index (χ3v) is 9.47. The minimum absolute atomic E-state index is 0.0380. The Bertz CT molecular complexity index is 1200. The van der Waals surface area contributed by atoms with Crippen LogP contribution in [0.3, 0.4) is 0 Å². The van der Waals surface area contributed by atoms with Crippen molar-refractivity contribution in [2.45, 2.75) is 17.2 Å². The molecule has 0 saturated carbocycles. The van der Waals surface area contributed by atoms with Crippen LogP contribution in [-0.4, -0.2) is 41.1 Å². The normalized spacial score (nSPS) is 22.4. The Balaban J connectivity index is 1.36.